The minimum atomic E-state index is -0.294. The predicted octanol–water partition coefficient (Wildman–Crippen LogP) is 2.74. The first-order chi connectivity index (χ1) is 9.58. The molecule has 0 fully saturated rings. The predicted molar refractivity (Wildman–Crippen MR) is 84.3 cm³/mol. The zero-order valence-electron chi connectivity index (χ0n) is 13.2. The molecule has 0 aromatic carbocycles. The van der Waals surface area contributed by atoms with Crippen LogP contribution >= 0.6 is 0 Å². The second kappa shape index (κ2) is 8.74. The van der Waals surface area contributed by atoms with Gasteiger partial charge in [0, 0.05) is 25.1 Å². The van der Waals surface area contributed by atoms with Crippen LogP contribution < -0.4 is 10.6 Å². The molecule has 0 aliphatic rings. The fourth-order valence-corrected chi connectivity index (χ4v) is 1.89. The first-order valence-electron chi connectivity index (χ1n) is 7.61. The highest BCUT2D eigenvalue weighted by molar-refractivity contribution is 5.57. The van der Waals surface area contributed by atoms with E-state index in [-0.39, 0.29) is 6.10 Å². The highest BCUT2D eigenvalue weighted by atomic mass is 16.3. The van der Waals surface area contributed by atoms with Crippen LogP contribution in [0.25, 0.3) is 0 Å². The molecule has 1 unspecified atom stereocenters. The van der Waals surface area contributed by atoms with E-state index in [1.54, 1.807) is 6.92 Å². The standard InChI is InChI=1S/C15H28N4O/c1-5-7-13-18-14(16-9-6-2)12(4)15(19-13)17-10-8-11(3)20/h11,20H,5-10H2,1-4H3,(H2,16,17,18,19). The van der Waals surface area contributed by atoms with Gasteiger partial charge < -0.3 is 15.7 Å². The number of anilines is 2. The number of hydrogen-bond donors (Lipinski definition) is 3. The molecular formula is C15H28N4O. The van der Waals surface area contributed by atoms with Gasteiger partial charge in [-0.15, -0.1) is 0 Å². The van der Waals surface area contributed by atoms with Crippen molar-refractivity contribution in [3.05, 3.63) is 11.4 Å². The third-order valence-electron chi connectivity index (χ3n) is 3.06. The average molecular weight is 280 g/mol. The van der Waals surface area contributed by atoms with E-state index in [1.807, 2.05) is 6.92 Å². The Morgan fingerprint density at radius 1 is 1.05 bits per heavy atom. The summed E-state index contributed by atoms with van der Waals surface area (Å²) < 4.78 is 0. The van der Waals surface area contributed by atoms with Gasteiger partial charge in [-0.25, -0.2) is 9.97 Å². The van der Waals surface area contributed by atoms with Crippen LogP contribution in [-0.2, 0) is 6.42 Å². The Hall–Kier alpha value is -1.36. The third-order valence-corrected chi connectivity index (χ3v) is 3.06. The number of aromatic nitrogens is 2. The van der Waals surface area contributed by atoms with Crippen LogP contribution in [0.15, 0.2) is 0 Å². The van der Waals surface area contributed by atoms with Crippen molar-refractivity contribution in [2.75, 3.05) is 23.7 Å². The van der Waals surface area contributed by atoms with Gasteiger partial charge in [-0.2, -0.15) is 0 Å². The van der Waals surface area contributed by atoms with Crippen molar-refractivity contribution >= 4 is 11.6 Å². The van der Waals surface area contributed by atoms with Crippen LogP contribution in [0.2, 0.25) is 0 Å². The first kappa shape index (κ1) is 16.7. The molecule has 1 heterocycles. The smallest absolute Gasteiger partial charge is 0.134 e. The summed E-state index contributed by atoms with van der Waals surface area (Å²) in [6.45, 7) is 9.72. The summed E-state index contributed by atoms with van der Waals surface area (Å²) in [6.07, 6.45) is 3.40. The van der Waals surface area contributed by atoms with E-state index in [2.05, 4.69) is 34.4 Å². The fourth-order valence-electron chi connectivity index (χ4n) is 1.89. The number of aliphatic hydroxyl groups is 1. The Balaban J connectivity index is 2.86. The van der Waals surface area contributed by atoms with E-state index < -0.39 is 0 Å². The quantitative estimate of drug-likeness (QED) is 0.649. The molecule has 3 N–H and O–H groups in total. The lowest BCUT2D eigenvalue weighted by Crippen LogP contribution is -2.15. The minimum absolute atomic E-state index is 0.294. The molecule has 20 heavy (non-hydrogen) atoms. The summed E-state index contributed by atoms with van der Waals surface area (Å²) in [5, 5.41) is 16.0. The van der Waals surface area contributed by atoms with Crippen molar-refractivity contribution in [1.82, 2.24) is 9.97 Å². The normalized spacial score (nSPS) is 12.2. The molecule has 0 saturated heterocycles. The molecule has 1 atom stereocenters. The van der Waals surface area contributed by atoms with Crippen LogP contribution in [0.1, 0.15) is 51.4 Å². The Morgan fingerprint density at radius 2 is 1.65 bits per heavy atom. The van der Waals surface area contributed by atoms with E-state index in [1.165, 1.54) is 0 Å². The van der Waals surface area contributed by atoms with Crippen molar-refractivity contribution in [2.45, 2.75) is 59.5 Å². The molecule has 0 aliphatic carbocycles. The Labute approximate surface area is 122 Å². The van der Waals surface area contributed by atoms with E-state index in [9.17, 15) is 5.11 Å². The minimum Gasteiger partial charge on any atom is -0.393 e. The van der Waals surface area contributed by atoms with Gasteiger partial charge in [-0.3, -0.25) is 0 Å². The van der Waals surface area contributed by atoms with Crippen LogP contribution in [0, 0.1) is 6.92 Å². The molecule has 0 radical (unpaired) electrons. The molecule has 1 aromatic heterocycles. The molecule has 5 heteroatoms. The molecule has 1 rings (SSSR count). The Bertz CT molecular complexity index is 407. The summed E-state index contributed by atoms with van der Waals surface area (Å²) in [4.78, 5) is 9.18. The molecule has 0 bridgehead atoms. The lowest BCUT2D eigenvalue weighted by Gasteiger charge is -2.15. The van der Waals surface area contributed by atoms with Crippen molar-refractivity contribution in [2.24, 2.45) is 0 Å². The lowest BCUT2D eigenvalue weighted by molar-refractivity contribution is 0.188. The fraction of sp³-hybridized carbons (Fsp3) is 0.733. The summed E-state index contributed by atoms with van der Waals surface area (Å²) in [7, 11) is 0. The molecule has 5 nitrogen and oxygen atoms in total. The Kier molecular flexibility index (Phi) is 7.30. The maximum atomic E-state index is 9.32. The highest BCUT2D eigenvalue weighted by Crippen LogP contribution is 2.20. The van der Waals surface area contributed by atoms with E-state index in [0.717, 1.165) is 48.8 Å². The number of nitrogens with zero attached hydrogens (tertiary/aromatic N) is 2. The SMILES string of the molecule is CCCNc1nc(CCC)nc(NCCC(C)O)c1C. The molecule has 0 saturated carbocycles. The van der Waals surface area contributed by atoms with Crippen molar-refractivity contribution in [3.63, 3.8) is 0 Å². The molecule has 114 valence electrons. The molecule has 0 aliphatic heterocycles. The van der Waals surface area contributed by atoms with Crippen LogP contribution in [0.3, 0.4) is 0 Å². The molecule has 0 spiro atoms. The maximum Gasteiger partial charge on any atom is 0.134 e. The average Bonchev–Trinajstić information content (AvgIpc) is 2.40. The van der Waals surface area contributed by atoms with Crippen LogP contribution in [0.4, 0.5) is 11.6 Å². The van der Waals surface area contributed by atoms with Gasteiger partial charge in [-0.1, -0.05) is 13.8 Å². The van der Waals surface area contributed by atoms with Gasteiger partial charge in [0.2, 0.25) is 0 Å². The third kappa shape index (κ3) is 5.33. The molecular weight excluding hydrogens is 252 g/mol. The number of aliphatic hydroxyl groups excluding tert-OH is 1. The summed E-state index contributed by atoms with van der Waals surface area (Å²) in [6, 6.07) is 0. The van der Waals surface area contributed by atoms with E-state index >= 15 is 0 Å². The van der Waals surface area contributed by atoms with E-state index in [0.29, 0.717) is 13.0 Å². The number of aryl methyl sites for hydroxylation is 1. The zero-order chi connectivity index (χ0) is 15.0. The Morgan fingerprint density at radius 3 is 2.15 bits per heavy atom. The van der Waals surface area contributed by atoms with Crippen molar-refractivity contribution in [3.8, 4) is 0 Å². The lowest BCUT2D eigenvalue weighted by atomic mass is 10.2. The maximum absolute atomic E-state index is 9.32. The second-order valence-corrected chi connectivity index (χ2v) is 5.20. The molecule has 0 amide bonds. The van der Waals surface area contributed by atoms with Gasteiger partial charge in [0.05, 0.1) is 6.10 Å². The van der Waals surface area contributed by atoms with Gasteiger partial charge in [-0.05, 0) is 33.1 Å². The summed E-state index contributed by atoms with van der Waals surface area (Å²) >= 11 is 0. The molecule has 1 aromatic rings. The second-order valence-electron chi connectivity index (χ2n) is 5.20. The van der Waals surface area contributed by atoms with Crippen molar-refractivity contribution in [1.29, 1.82) is 0 Å². The van der Waals surface area contributed by atoms with Crippen molar-refractivity contribution < 1.29 is 5.11 Å². The number of rotatable bonds is 9. The zero-order valence-corrected chi connectivity index (χ0v) is 13.2. The van der Waals surface area contributed by atoms with Gasteiger partial charge in [0.15, 0.2) is 0 Å². The van der Waals surface area contributed by atoms with E-state index in [4.69, 9.17) is 0 Å². The van der Waals surface area contributed by atoms with Gasteiger partial charge >= 0.3 is 0 Å². The van der Waals surface area contributed by atoms with Crippen LogP contribution in [-0.4, -0.2) is 34.3 Å². The highest BCUT2D eigenvalue weighted by Gasteiger charge is 2.10. The van der Waals surface area contributed by atoms with Gasteiger partial charge in [0.1, 0.15) is 17.5 Å². The monoisotopic (exact) mass is 280 g/mol. The number of nitrogens with one attached hydrogen (secondary N) is 2. The largest absolute Gasteiger partial charge is 0.393 e. The topological polar surface area (TPSA) is 70.1 Å². The number of hydrogen-bond acceptors (Lipinski definition) is 5. The first-order valence-corrected chi connectivity index (χ1v) is 7.61. The van der Waals surface area contributed by atoms with Gasteiger partial charge in [0.25, 0.3) is 0 Å². The van der Waals surface area contributed by atoms with Crippen LogP contribution in [0.5, 0.6) is 0 Å². The summed E-state index contributed by atoms with van der Waals surface area (Å²) in [5.41, 5.74) is 1.05. The summed E-state index contributed by atoms with van der Waals surface area (Å²) in [5.74, 6) is 2.67.